The molecule has 140 valence electrons. The maximum Gasteiger partial charge on any atom is 0.220 e. The number of carbonyl (C=O) groups is 1. The Labute approximate surface area is 156 Å². The van der Waals surface area contributed by atoms with E-state index < -0.39 is 0 Å². The summed E-state index contributed by atoms with van der Waals surface area (Å²) in [5.41, 5.74) is 4.68. The second kappa shape index (κ2) is 8.99. The van der Waals surface area contributed by atoms with Gasteiger partial charge in [-0.15, -0.1) is 0 Å². The highest BCUT2D eigenvalue weighted by molar-refractivity contribution is 5.76. The smallest absolute Gasteiger partial charge is 0.220 e. The van der Waals surface area contributed by atoms with Gasteiger partial charge in [-0.05, 0) is 50.3 Å². The Hall–Kier alpha value is -2.14. The van der Waals surface area contributed by atoms with E-state index in [0.717, 1.165) is 43.1 Å². The number of aromatic amines is 1. The number of benzene rings is 1. The second-order valence-electron chi connectivity index (χ2n) is 7.32. The largest absolute Gasteiger partial charge is 0.355 e. The molecule has 2 aromatic rings. The minimum absolute atomic E-state index is 0.113. The van der Waals surface area contributed by atoms with Crippen LogP contribution in [0.5, 0.6) is 0 Å². The summed E-state index contributed by atoms with van der Waals surface area (Å²) in [5, 5.41) is 10.3. The number of carbonyl (C=O) groups excluding carboxylic acids is 1. The normalized spacial score (nSPS) is 18.0. The quantitative estimate of drug-likeness (QED) is 0.804. The van der Waals surface area contributed by atoms with Crippen molar-refractivity contribution in [2.24, 2.45) is 0 Å². The van der Waals surface area contributed by atoms with Gasteiger partial charge in [-0.1, -0.05) is 30.3 Å². The van der Waals surface area contributed by atoms with E-state index in [1.165, 1.54) is 18.4 Å². The van der Waals surface area contributed by atoms with E-state index in [9.17, 15) is 4.79 Å². The first kappa shape index (κ1) is 18.6. The number of aromatic nitrogens is 2. The molecule has 0 unspecified atom stereocenters. The number of hydrogen-bond acceptors (Lipinski definition) is 3. The van der Waals surface area contributed by atoms with Gasteiger partial charge in [0.25, 0.3) is 0 Å². The molecule has 1 aromatic heterocycles. The van der Waals surface area contributed by atoms with Crippen molar-refractivity contribution in [3.05, 3.63) is 52.8 Å². The standard InChI is InChI=1S/C21H30N4O/c1-16-17(2)23-24-20(16)10-11-21(26)22-12-14-25-13-6-9-19(15-25)18-7-4-3-5-8-18/h3-5,7-8,19H,6,9-15H2,1-2H3,(H,22,26)(H,23,24)/t19-/m0/s1. The van der Waals surface area contributed by atoms with Crippen molar-refractivity contribution in [2.75, 3.05) is 26.2 Å². The molecular weight excluding hydrogens is 324 g/mol. The molecule has 0 radical (unpaired) electrons. The van der Waals surface area contributed by atoms with E-state index in [-0.39, 0.29) is 5.91 Å². The Kier molecular flexibility index (Phi) is 6.45. The van der Waals surface area contributed by atoms with Crippen molar-refractivity contribution in [3.63, 3.8) is 0 Å². The fourth-order valence-corrected chi connectivity index (χ4v) is 3.71. The van der Waals surface area contributed by atoms with Gasteiger partial charge in [0.1, 0.15) is 0 Å². The van der Waals surface area contributed by atoms with Gasteiger partial charge in [0, 0.05) is 38.2 Å². The molecule has 0 aliphatic carbocycles. The summed E-state index contributed by atoms with van der Waals surface area (Å²) in [6.07, 6.45) is 3.68. The van der Waals surface area contributed by atoms with Crippen LogP contribution >= 0.6 is 0 Å². The Balaban J connectivity index is 1.37. The van der Waals surface area contributed by atoms with Gasteiger partial charge in [0.05, 0.1) is 5.69 Å². The van der Waals surface area contributed by atoms with Crippen molar-refractivity contribution in [1.82, 2.24) is 20.4 Å². The van der Waals surface area contributed by atoms with Crippen LogP contribution in [0.25, 0.3) is 0 Å². The lowest BCUT2D eigenvalue weighted by Crippen LogP contribution is -2.40. The fraction of sp³-hybridized carbons (Fsp3) is 0.524. The number of amides is 1. The Morgan fingerprint density at radius 1 is 1.31 bits per heavy atom. The zero-order chi connectivity index (χ0) is 18.4. The average Bonchev–Trinajstić information content (AvgIpc) is 2.99. The molecule has 1 amide bonds. The Bertz CT molecular complexity index is 710. The SMILES string of the molecule is Cc1[nH]nc(CCC(=O)NCCN2CCC[C@H](c3ccccc3)C2)c1C. The van der Waals surface area contributed by atoms with E-state index in [1.54, 1.807) is 0 Å². The van der Waals surface area contributed by atoms with Gasteiger partial charge < -0.3 is 10.2 Å². The number of nitrogens with one attached hydrogen (secondary N) is 2. The molecule has 2 N–H and O–H groups in total. The molecule has 1 aliphatic rings. The minimum Gasteiger partial charge on any atom is -0.355 e. The highest BCUT2D eigenvalue weighted by Gasteiger charge is 2.20. The maximum atomic E-state index is 12.1. The Morgan fingerprint density at radius 2 is 2.12 bits per heavy atom. The number of nitrogens with zero attached hydrogens (tertiary/aromatic N) is 2. The van der Waals surface area contributed by atoms with Crippen LogP contribution in [0, 0.1) is 13.8 Å². The topological polar surface area (TPSA) is 61.0 Å². The molecule has 0 bridgehead atoms. The van der Waals surface area contributed by atoms with Gasteiger partial charge in [-0.25, -0.2) is 0 Å². The van der Waals surface area contributed by atoms with Crippen LogP contribution < -0.4 is 5.32 Å². The molecule has 2 heterocycles. The number of hydrogen-bond donors (Lipinski definition) is 2. The van der Waals surface area contributed by atoms with Crippen LogP contribution in [0.2, 0.25) is 0 Å². The van der Waals surface area contributed by atoms with Crippen molar-refractivity contribution in [2.45, 2.75) is 45.4 Å². The van der Waals surface area contributed by atoms with Gasteiger partial charge in [0.15, 0.2) is 0 Å². The van der Waals surface area contributed by atoms with E-state index in [0.29, 0.717) is 18.8 Å². The van der Waals surface area contributed by atoms with E-state index in [4.69, 9.17) is 0 Å². The molecule has 26 heavy (non-hydrogen) atoms. The lowest BCUT2D eigenvalue weighted by Gasteiger charge is -2.33. The predicted octanol–water partition coefficient (Wildman–Crippen LogP) is 2.95. The van der Waals surface area contributed by atoms with E-state index in [1.807, 2.05) is 13.8 Å². The zero-order valence-electron chi connectivity index (χ0n) is 15.9. The summed E-state index contributed by atoms with van der Waals surface area (Å²) in [4.78, 5) is 14.6. The number of H-pyrrole nitrogens is 1. The van der Waals surface area contributed by atoms with Crippen molar-refractivity contribution < 1.29 is 4.79 Å². The highest BCUT2D eigenvalue weighted by atomic mass is 16.1. The third kappa shape index (κ3) is 4.94. The summed E-state index contributed by atoms with van der Waals surface area (Å²) >= 11 is 0. The molecule has 1 atom stereocenters. The van der Waals surface area contributed by atoms with Gasteiger partial charge >= 0.3 is 0 Å². The van der Waals surface area contributed by atoms with Crippen LogP contribution in [-0.2, 0) is 11.2 Å². The number of piperidine rings is 1. The molecular formula is C21H30N4O. The summed E-state index contributed by atoms with van der Waals surface area (Å²) in [6.45, 7) is 7.92. The first-order chi connectivity index (χ1) is 12.6. The van der Waals surface area contributed by atoms with Gasteiger partial charge in [-0.2, -0.15) is 5.10 Å². The van der Waals surface area contributed by atoms with Crippen LogP contribution in [0.15, 0.2) is 30.3 Å². The van der Waals surface area contributed by atoms with Crippen LogP contribution in [0.3, 0.4) is 0 Å². The Morgan fingerprint density at radius 3 is 2.85 bits per heavy atom. The monoisotopic (exact) mass is 354 g/mol. The van der Waals surface area contributed by atoms with Crippen molar-refractivity contribution in [3.8, 4) is 0 Å². The van der Waals surface area contributed by atoms with Crippen LogP contribution in [0.4, 0.5) is 0 Å². The minimum atomic E-state index is 0.113. The van der Waals surface area contributed by atoms with Gasteiger partial charge in [0.2, 0.25) is 5.91 Å². The third-order valence-electron chi connectivity index (χ3n) is 5.47. The van der Waals surface area contributed by atoms with E-state index in [2.05, 4.69) is 50.7 Å². The molecule has 0 saturated carbocycles. The summed E-state index contributed by atoms with van der Waals surface area (Å²) in [5.74, 6) is 0.730. The summed E-state index contributed by atoms with van der Waals surface area (Å²) in [6, 6.07) is 10.8. The number of rotatable bonds is 7. The maximum absolute atomic E-state index is 12.1. The summed E-state index contributed by atoms with van der Waals surface area (Å²) < 4.78 is 0. The molecule has 1 fully saturated rings. The molecule has 1 saturated heterocycles. The average molecular weight is 354 g/mol. The highest BCUT2D eigenvalue weighted by Crippen LogP contribution is 2.26. The fourth-order valence-electron chi connectivity index (χ4n) is 3.71. The van der Waals surface area contributed by atoms with E-state index >= 15 is 0 Å². The van der Waals surface area contributed by atoms with Crippen molar-refractivity contribution >= 4 is 5.91 Å². The lowest BCUT2D eigenvalue weighted by molar-refractivity contribution is -0.121. The zero-order valence-corrected chi connectivity index (χ0v) is 15.9. The molecule has 1 aliphatic heterocycles. The molecule has 5 heteroatoms. The van der Waals surface area contributed by atoms with Crippen molar-refractivity contribution in [1.29, 1.82) is 0 Å². The first-order valence-electron chi connectivity index (χ1n) is 9.68. The third-order valence-corrected chi connectivity index (χ3v) is 5.47. The molecule has 3 rings (SSSR count). The van der Waals surface area contributed by atoms with Gasteiger partial charge in [-0.3, -0.25) is 9.89 Å². The number of likely N-dealkylation sites (tertiary alicyclic amines) is 1. The second-order valence-corrected chi connectivity index (χ2v) is 7.32. The number of aryl methyl sites for hydroxylation is 2. The predicted molar refractivity (Wildman–Crippen MR) is 104 cm³/mol. The van der Waals surface area contributed by atoms with Crippen LogP contribution in [-0.4, -0.2) is 47.2 Å². The summed E-state index contributed by atoms with van der Waals surface area (Å²) in [7, 11) is 0. The van der Waals surface area contributed by atoms with Crippen LogP contribution in [0.1, 0.15) is 47.7 Å². The molecule has 5 nitrogen and oxygen atoms in total. The molecule has 1 aromatic carbocycles. The first-order valence-corrected chi connectivity index (χ1v) is 9.68. The lowest BCUT2D eigenvalue weighted by atomic mass is 9.91. The molecule has 0 spiro atoms.